The maximum Gasteiger partial charge on any atom is 0.313 e. The summed E-state index contributed by atoms with van der Waals surface area (Å²) in [5.41, 5.74) is 0.527. The molecule has 0 aliphatic heterocycles. The normalized spacial score (nSPS) is 9.65. The third-order valence-electron chi connectivity index (χ3n) is 2.52. The summed E-state index contributed by atoms with van der Waals surface area (Å²) in [5, 5.41) is 4.73. The van der Waals surface area contributed by atoms with Crippen LogP contribution in [0.1, 0.15) is 0 Å². The number of hydrogen-bond donors (Lipinski definition) is 2. The number of likely N-dealkylation sites (N-methyl/N-ethyl adjacent to an activating group) is 1. The number of hydrogen-bond acceptors (Lipinski definition) is 3. The summed E-state index contributed by atoms with van der Waals surface area (Å²) in [6.45, 7) is 0. The second-order valence-corrected chi connectivity index (χ2v) is 3.97. The third kappa shape index (κ3) is 3.58. The standard InChI is InChI=1S/C15H14N2O3/c1-16-14(18)15(19)17-11-7-9-13(10-8-11)20-12-5-3-2-4-6-12/h2-10H,1H3,(H,16,18)(H,17,19). The van der Waals surface area contributed by atoms with E-state index >= 15 is 0 Å². The Labute approximate surface area is 116 Å². The number of ether oxygens (including phenoxy) is 1. The van der Waals surface area contributed by atoms with E-state index in [2.05, 4.69) is 10.6 Å². The van der Waals surface area contributed by atoms with Gasteiger partial charge in [-0.15, -0.1) is 0 Å². The molecule has 0 atom stereocenters. The third-order valence-corrected chi connectivity index (χ3v) is 2.52. The highest BCUT2D eigenvalue weighted by molar-refractivity contribution is 6.39. The average molecular weight is 270 g/mol. The lowest BCUT2D eigenvalue weighted by atomic mass is 10.3. The molecular weight excluding hydrogens is 256 g/mol. The highest BCUT2D eigenvalue weighted by Crippen LogP contribution is 2.22. The summed E-state index contributed by atoms with van der Waals surface area (Å²) in [5.74, 6) is -0.0115. The van der Waals surface area contributed by atoms with Gasteiger partial charge in [0.1, 0.15) is 11.5 Å². The average Bonchev–Trinajstić information content (AvgIpc) is 2.49. The molecule has 2 aromatic rings. The van der Waals surface area contributed by atoms with Gasteiger partial charge in [0, 0.05) is 12.7 Å². The minimum Gasteiger partial charge on any atom is -0.457 e. The van der Waals surface area contributed by atoms with Crippen LogP contribution in [-0.2, 0) is 9.59 Å². The van der Waals surface area contributed by atoms with Crippen LogP contribution in [0.4, 0.5) is 5.69 Å². The van der Waals surface area contributed by atoms with Gasteiger partial charge in [-0.3, -0.25) is 9.59 Å². The lowest BCUT2D eigenvalue weighted by Gasteiger charge is -2.07. The van der Waals surface area contributed by atoms with Gasteiger partial charge in [-0.2, -0.15) is 0 Å². The van der Waals surface area contributed by atoms with E-state index in [4.69, 9.17) is 4.74 Å². The number of amides is 2. The van der Waals surface area contributed by atoms with Crippen LogP contribution in [0.2, 0.25) is 0 Å². The Bertz CT molecular complexity index is 594. The molecular formula is C15H14N2O3. The van der Waals surface area contributed by atoms with E-state index in [1.54, 1.807) is 24.3 Å². The Hall–Kier alpha value is -2.82. The second-order valence-electron chi connectivity index (χ2n) is 3.97. The van der Waals surface area contributed by atoms with Gasteiger partial charge in [0.2, 0.25) is 0 Å². The number of rotatable bonds is 3. The molecule has 5 heteroatoms. The number of anilines is 1. The van der Waals surface area contributed by atoms with Gasteiger partial charge in [0.15, 0.2) is 0 Å². The van der Waals surface area contributed by atoms with Gasteiger partial charge >= 0.3 is 11.8 Å². The maximum atomic E-state index is 11.4. The smallest absolute Gasteiger partial charge is 0.313 e. The Morgan fingerprint density at radius 3 is 2.05 bits per heavy atom. The van der Waals surface area contributed by atoms with Crippen LogP contribution in [0.3, 0.4) is 0 Å². The van der Waals surface area contributed by atoms with Crippen molar-refractivity contribution >= 4 is 17.5 Å². The second kappa shape index (κ2) is 6.38. The van der Waals surface area contributed by atoms with Crippen molar-refractivity contribution in [2.24, 2.45) is 0 Å². The molecule has 0 aromatic heterocycles. The van der Waals surface area contributed by atoms with Crippen LogP contribution in [-0.4, -0.2) is 18.9 Å². The van der Waals surface area contributed by atoms with E-state index in [0.29, 0.717) is 11.4 Å². The van der Waals surface area contributed by atoms with Gasteiger partial charge < -0.3 is 15.4 Å². The van der Waals surface area contributed by atoms with Gasteiger partial charge in [0.05, 0.1) is 0 Å². The summed E-state index contributed by atoms with van der Waals surface area (Å²) < 4.78 is 5.61. The monoisotopic (exact) mass is 270 g/mol. The molecule has 5 nitrogen and oxygen atoms in total. The summed E-state index contributed by atoms with van der Waals surface area (Å²) in [4.78, 5) is 22.4. The van der Waals surface area contributed by atoms with Gasteiger partial charge in [-0.1, -0.05) is 18.2 Å². The summed E-state index contributed by atoms with van der Waals surface area (Å²) in [6, 6.07) is 16.1. The number of nitrogens with one attached hydrogen (secondary N) is 2. The minimum atomic E-state index is -0.704. The summed E-state index contributed by atoms with van der Waals surface area (Å²) in [6.07, 6.45) is 0. The molecule has 0 spiro atoms. The van der Waals surface area contributed by atoms with E-state index in [-0.39, 0.29) is 0 Å². The SMILES string of the molecule is CNC(=O)C(=O)Nc1ccc(Oc2ccccc2)cc1. The quantitative estimate of drug-likeness (QED) is 0.840. The van der Waals surface area contributed by atoms with Crippen LogP contribution < -0.4 is 15.4 Å². The van der Waals surface area contributed by atoms with Crippen molar-refractivity contribution in [2.75, 3.05) is 12.4 Å². The zero-order valence-corrected chi connectivity index (χ0v) is 10.9. The van der Waals surface area contributed by atoms with Crippen molar-refractivity contribution < 1.29 is 14.3 Å². The molecule has 2 aromatic carbocycles. The molecule has 0 aliphatic rings. The fourth-order valence-corrected chi connectivity index (χ4v) is 1.53. The van der Waals surface area contributed by atoms with E-state index in [1.165, 1.54) is 7.05 Å². The zero-order valence-electron chi connectivity index (χ0n) is 10.9. The van der Waals surface area contributed by atoms with Gasteiger partial charge in [0.25, 0.3) is 0 Å². The van der Waals surface area contributed by atoms with Crippen molar-refractivity contribution in [3.63, 3.8) is 0 Å². The lowest BCUT2D eigenvalue weighted by Crippen LogP contribution is -2.32. The molecule has 0 unspecified atom stereocenters. The van der Waals surface area contributed by atoms with Gasteiger partial charge in [-0.05, 0) is 36.4 Å². The molecule has 2 rings (SSSR count). The number of para-hydroxylation sites is 1. The van der Waals surface area contributed by atoms with E-state index < -0.39 is 11.8 Å². The Morgan fingerprint density at radius 2 is 1.45 bits per heavy atom. The van der Waals surface area contributed by atoms with Crippen LogP contribution in [0.5, 0.6) is 11.5 Å². The Morgan fingerprint density at radius 1 is 0.850 bits per heavy atom. The molecule has 20 heavy (non-hydrogen) atoms. The topological polar surface area (TPSA) is 67.4 Å². The lowest BCUT2D eigenvalue weighted by molar-refractivity contribution is -0.135. The predicted octanol–water partition coefficient (Wildman–Crippen LogP) is 2.16. The van der Waals surface area contributed by atoms with Crippen LogP contribution in [0.25, 0.3) is 0 Å². The first-order valence-electron chi connectivity index (χ1n) is 6.05. The molecule has 2 N–H and O–H groups in total. The molecule has 0 fully saturated rings. The van der Waals surface area contributed by atoms with E-state index in [0.717, 1.165) is 5.75 Å². The fraction of sp³-hybridized carbons (Fsp3) is 0.0667. The van der Waals surface area contributed by atoms with E-state index in [1.807, 2.05) is 30.3 Å². The Balaban J connectivity index is 2.00. The molecule has 0 saturated heterocycles. The molecule has 0 saturated carbocycles. The first-order valence-corrected chi connectivity index (χ1v) is 6.05. The number of carbonyl (C=O) groups excluding carboxylic acids is 2. The molecule has 0 aliphatic carbocycles. The highest BCUT2D eigenvalue weighted by atomic mass is 16.5. The molecule has 0 heterocycles. The fourth-order valence-electron chi connectivity index (χ4n) is 1.53. The first-order chi connectivity index (χ1) is 9.69. The van der Waals surface area contributed by atoms with Crippen LogP contribution >= 0.6 is 0 Å². The predicted molar refractivity (Wildman–Crippen MR) is 75.7 cm³/mol. The molecule has 0 bridgehead atoms. The van der Waals surface area contributed by atoms with Crippen molar-refractivity contribution in [1.29, 1.82) is 0 Å². The van der Waals surface area contributed by atoms with E-state index in [9.17, 15) is 9.59 Å². The zero-order chi connectivity index (χ0) is 14.4. The maximum absolute atomic E-state index is 11.4. The Kier molecular flexibility index (Phi) is 4.34. The summed E-state index contributed by atoms with van der Waals surface area (Å²) in [7, 11) is 1.40. The van der Waals surface area contributed by atoms with Crippen LogP contribution in [0, 0.1) is 0 Å². The molecule has 0 radical (unpaired) electrons. The largest absolute Gasteiger partial charge is 0.457 e. The number of benzene rings is 2. The van der Waals surface area contributed by atoms with Crippen molar-refractivity contribution in [1.82, 2.24) is 5.32 Å². The first kappa shape index (κ1) is 13.6. The summed E-state index contributed by atoms with van der Waals surface area (Å²) >= 11 is 0. The van der Waals surface area contributed by atoms with Crippen molar-refractivity contribution in [3.8, 4) is 11.5 Å². The van der Waals surface area contributed by atoms with Crippen molar-refractivity contribution in [3.05, 3.63) is 54.6 Å². The van der Waals surface area contributed by atoms with Gasteiger partial charge in [-0.25, -0.2) is 0 Å². The molecule has 102 valence electrons. The minimum absolute atomic E-state index is 0.527. The highest BCUT2D eigenvalue weighted by Gasteiger charge is 2.10. The van der Waals surface area contributed by atoms with Crippen molar-refractivity contribution in [2.45, 2.75) is 0 Å². The number of carbonyl (C=O) groups is 2. The van der Waals surface area contributed by atoms with Crippen LogP contribution in [0.15, 0.2) is 54.6 Å². The molecule has 2 amide bonds.